The minimum Gasteiger partial charge on any atom is -0.454 e. The fourth-order valence-corrected chi connectivity index (χ4v) is 2.38. The van der Waals surface area contributed by atoms with E-state index in [0.29, 0.717) is 22.7 Å². The van der Waals surface area contributed by atoms with E-state index in [1.807, 2.05) is 19.1 Å². The zero-order valence-electron chi connectivity index (χ0n) is 14.1. The number of carbonyl (C=O) groups excluding carboxylic acids is 2. The molecule has 0 spiro atoms. The third-order valence-electron chi connectivity index (χ3n) is 3.89. The van der Waals surface area contributed by atoms with Gasteiger partial charge in [-0.1, -0.05) is 19.1 Å². The molecule has 25 heavy (non-hydrogen) atoms. The number of esters is 1. The number of amides is 1. The second kappa shape index (κ2) is 7.25. The molecule has 0 fully saturated rings. The average Bonchev–Trinajstić information content (AvgIpc) is 3.09. The summed E-state index contributed by atoms with van der Waals surface area (Å²) in [6.07, 6.45) is -0.0345. The highest BCUT2D eigenvalue weighted by atomic mass is 16.7. The van der Waals surface area contributed by atoms with Gasteiger partial charge in [0.2, 0.25) is 6.79 Å². The van der Waals surface area contributed by atoms with Gasteiger partial charge in [-0.3, -0.25) is 4.79 Å². The zero-order valence-corrected chi connectivity index (χ0v) is 14.1. The normalized spacial score (nSPS) is 13.2. The highest BCUT2D eigenvalue weighted by Gasteiger charge is 2.20. The number of aryl methyl sites for hydroxylation is 1. The summed E-state index contributed by atoms with van der Waals surface area (Å²) in [6.45, 7) is 3.73. The van der Waals surface area contributed by atoms with E-state index in [4.69, 9.17) is 14.2 Å². The lowest BCUT2D eigenvalue weighted by atomic mass is 10.1. The lowest BCUT2D eigenvalue weighted by Gasteiger charge is -2.14. The largest absolute Gasteiger partial charge is 0.454 e. The van der Waals surface area contributed by atoms with Crippen LogP contribution in [0.5, 0.6) is 11.5 Å². The van der Waals surface area contributed by atoms with E-state index < -0.39 is 18.0 Å². The highest BCUT2D eigenvalue weighted by molar-refractivity contribution is 5.97. The lowest BCUT2D eigenvalue weighted by molar-refractivity contribution is -0.123. The number of hydrogen-bond donors (Lipinski definition) is 1. The first-order chi connectivity index (χ1) is 12.1. The molecule has 1 atom stereocenters. The Morgan fingerprint density at radius 1 is 1.12 bits per heavy atom. The molecule has 6 heteroatoms. The summed E-state index contributed by atoms with van der Waals surface area (Å²) in [4.78, 5) is 24.3. The maximum atomic E-state index is 12.2. The Balaban J connectivity index is 1.59. The van der Waals surface area contributed by atoms with Crippen molar-refractivity contribution >= 4 is 17.6 Å². The second-order valence-electron chi connectivity index (χ2n) is 5.66. The quantitative estimate of drug-likeness (QED) is 0.846. The van der Waals surface area contributed by atoms with Crippen molar-refractivity contribution < 1.29 is 23.8 Å². The summed E-state index contributed by atoms with van der Waals surface area (Å²) in [5.74, 6) is 0.250. The monoisotopic (exact) mass is 341 g/mol. The number of benzene rings is 2. The van der Waals surface area contributed by atoms with Crippen LogP contribution in [-0.2, 0) is 16.0 Å². The van der Waals surface area contributed by atoms with Crippen LogP contribution in [0.4, 0.5) is 5.69 Å². The van der Waals surface area contributed by atoms with Crippen molar-refractivity contribution in [1.29, 1.82) is 0 Å². The Bertz CT molecular complexity index is 785. The van der Waals surface area contributed by atoms with Gasteiger partial charge in [-0.15, -0.1) is 0 Å². The molecule has 1 aliphatic heterocycles. The van der Waals surface area contributed by atoms with Gasteiger partial charge in [0.25, 0.3) is 5.91 Å². The molecule has 6 nitrogen and oxygen atoms in total. The lowest BCUT2D eigenvalue weighted by Crippen LogP contribution is -2.30. The van der Waals surface area contributed by atoms with Gasteiger partial charge in [-0.25, -0.2) is 4.79 Å². The van der Waals surface area contributed by atoms with E-state index in [1.54, 1.807) is 30.3 Å². The Labute approximate surface area is 145 Å². The first-order valence-electron chi connectivity index (χ1n) is 8.07. The number of fused-ring (bicyclic) bond motifs is 1. The van der Waals surface area contributed by atoms with Gasteiger partial charge < -0.3 is 19.5 Å². The van der Waals surface area contributed by atoms with Gasteiger partial charge in [0, 0.05) is 11.8 Å². The molecular formula is C19H19NO5. The maximum Gasteiger partial charge on any atom is 0.338 e. The molecule has 0 saturated heterocycles. The second-order valence-corrected chi connectivity index (χ2v) is 5.66. The molecule has 130 valence electrons. The van der Waals surface area contributed by atoms with Crippen LogP contribution in [0.25, 0.3) is 0 Å². The average molecular weight is 341 g/mol. The van der Waals surface area contributed by atoms with Gasteiger partial charge in [0.05, 0.1) is 5.56 Å². The van der Waals surface area contributed by atoms with Crippen molar-refractivity contribution in [2.24, 2.45) is 0 Å². The standard InChI is InChI=1S/C19H19NO5/c1-3-13-4-6-14(7-5-13)19(22)25-12(2)18(21)20-15-8-9-16-17(10-15)24-11-23-16/h4-10,12H,3,11H2,1-2H3,(H,20,21). The molecule has 0 bridgehead atoms. The summed E-state index contributed by atoms with van der Waals surface area (Å²) in [7, 11) is 0. The Hall–Kier alpha value is -3.02. The Kier molecular flexibility index (Phi) is 4.88. The SMILES string of the molecule is CCc1ccc(C(=O)OC(C)C(=O)Nc2ccc3c(c2)OCO3)cc1. The molecule has 3 rings (SSSR count). The fraction of sp³-hybridized carbons (Fsp3) is 0.263. The van der Waals surface area contributed by atoms with Crippen LogP contribution in [0.3, 0.4) is 0 Å². The van der Waals surface area contributed by atoms with E-state index in [1.165, 1.54) is 6.92 Å². The first kappa shape index (κ1) is 16.8. The van der Waals surface area contributed by atoms with Crippen LogP contribution in [0, 0.1) is 0 Å². The predicted molar refractivity (Wildman–Crippen MR) is 91.9 cm³/mol. The van der Waals surface area contributed by atoms with Crippen LogP contribution in [0.15, 0.2) is 42.5 Å². The molecule has 1 aliphatic rings. The highest BCUT2D eigenvalue weighted by Crippen LogP contribution is 2.34. The summed E-state index contributed by atoms with van der Waals surface area (Å²) < 4.78 is 15.7. The topological polar surface area (TPSA) is 73.9 Å². The third kappa shape index (κ3) is 3.91. The van der Waals surface area contributed by atoms with Crippen molar-refractivity contribution in [3.05, 3.63) is 53.6 Å². The molecule has 2 aromatic carbocycles. The van der Waals surface area contributed by atoms with Crippen LogP contribution in [0.2, 0.25) is 0 Å². The number of rotatable bonds is 5. The molecule has 1 amide bonds. The van der Waals surface area contributed by atoms with E-state index in [2.05, 4.69) is 5.32 Å². The smallest absolute Gasteiger partial charge is 0.338 e. The molecule has 0 radical (unpaired) electrons. The van der Waals surface area contributed by atoms with Crippen molar-refractivity contribution in [2.75, 3.05) is 12.1 Å². The molecule has 1 N–H and O–H groups in total. The van der Waals surface area contributed by atoms with E-state index in [0.717, 1.165) is 12.0 Å². The number of carbonyl (C=O) groups is 2. The van der Waals surface area contributed by atoms with Crippen molar-refractivity contribution in [1.82, 2.24) is 0 Å². The van der Waals surface area contributed by atoms with Crippen molar-refractivity contribution in [2.45, 2.75) is 26.4 Å². The van der Waals surface area contributed by atoms with Crippen LogP contribution < -0.4 is 14.8 Å². The molecule has 2 aromatic rings. The fourth-order valence-electron chi connectivity index (χ4n) is 2.38. The summed E-state index contributed by atoms with van der Waals surface area (Å²) >= 11 is 0. The molecule has 0 saturated carbocycles. The van der Waals surface area contributed by atoms with Crippen molar-refractivity contribution in [3.63, 3.8) is 0 Å². The number of ether oxygens (including phenoxy) is 3. The minimum absolute atomic E-state index is 0.164. The maximum absolute atomic E-state index is 12.2. The van der Waals surface area contributed by atoms with E-state index in [9.17, 15) is 9.59 Å². The Morgan fingerprint density at radius 2 is 1.84 bits per heavy atom. The summed E-state index contributed by atoms with van der Waals surface area (Å²) in [6, 6.07) is 12.2. The van der Waals surface area contributed by atoms with E-state index >= 15 is 0 Å². The van der Waals surface area contributed by atoms with Crippen LogP contribution in [0.1, 0.15) is 29.8 Å². The molecule has 0 aliphatic carbocycles. The number of anilines is 1. The first-order valence-corrected chi connectivity index (χ1v) is 8.07. The summed E-state index contributed by atoms with van der Waals surface area (Å²) in [5.41, 5.74) is 2.09. The van der Waals surface area contributed by atoms with Crippen LogP contribution >= 0.6 is 0 Å². The van der Waals surface area contributed by atoms with Gasteiger partial charge in [0.1, 0.15) is 0 Å². The predicted octanol–water partition coefficient (Wildman–Crippen LogP) is 3.16. The minimum atomic E-state index is -0.927. The summed E-state index contributed by atoms with van der Waals surface area (Å²) in [5, 5.41) is 2.69. The third-order valence-corrected chi connectivity index (χ3v) is 3.89. The van der Waals surface area contributed by atoms with Crippen LogP contribution in [-0.4, -0.2) is 24.8 Å². The molecule has 1 unspecified atom stereocenters. The van der Waals surface area contributed by atoms with Gasteiger partial charge >= 0.3 is 5.97 Å². The molecule has 0 aromatic heterocycles. The zero-order chi connectivity index (χ0) is 17.8. The number of nitrogens with one attached hydrogen (secondary N) is 1. The van der Waals surface area contributed by atoms with Gasteiger partial charge in [-0.05, 0) is 43.2 Å². The molecule has 1 heterocycles. The van der Waals surface area contributed by atoms with E-state index in [-0.39, 0.29) is 6.79 Å². The van der Waals surface area contributed by atoms with Gasteiger partial charge in [-0.2, -0.15) is 0 Å². The van der Waals surface area contributed by atoms with Gasteiger partial charge in [0.15, 0.2) is 17.6 Å². The molecular weight excluding hydrogens is 322 g/mol. The van der Waals surface area contributed by atoms with Crippen molar-refractivity contribution in [3.8, 4) is 11.5 Å². The number of hydrogen-bond acceptors (Lipinski definition) is 5. The Morgan fingerprint density at radius 3 is 2.56 bits per heavy atom.